The molecule has 38 heavy (non-hydrogen) atoms. The first-order valence-corrected chi connectivity index (χ1v) is 14.2. The lowest BCUT2D eigenvalue weighted by Crippen LogP contribution is -2.18. The van der Waals surface area contributed by atoms with E-state index in [9.17, 15) is 0 Å². The van der Waals surface area contributed by atoms with Crippen LogP contribution in [-0.2, 0) is 0 Å². The van der Waals surface area contributed by atoms with Crippen molar-refractivity contribution in [1.29, 1.82) is 0 Å². The first kappa shape index (κ1) is 40.6. The summed E-state index contributed by atoms with van der Waals surface area (Å²) in [5.74, 6) is 0. The van der Waals surface area contributed by atoms with E-state index in [2.05, 4.69) is 0 Å². The molecule has 0 heterocycles. The number of rotatable bonds is 0. The Kier molecular flexibility index (Phi) is 33.4. The summed E-state index contributed by atoms with van der Waals surface area (Å²) in [4.78, 5) is 3.79. The molecule has 0 radical (unpaired) electrons. The van der Waals surface area contributed by atoms with Crippen LogP contribution in [0, 0.1) is 0 Å². The Morgan fingerprint density at radius 2 is 0.447 bits per heavy atom. The Bertz CT molecular complexity index is 722. The fourth-order valence-electron chi connectivity index (χ4n) is 1.76. The second-order valence-electron chi connectivity index (χ2n) is 7.11. The first-order chi connectivity index (χ1) is 17.4. The van der Waals surface area contributed by atoms with Crippen molar-refractivity contribution >= 4 is 81.7 Å². The Morgan fingerprint density at radius 3 is 0.526 bits per heavy atom. The number of thiocarbonyl (C=S) groups is 2. The minimum atomic E-state index is 0. The molecule has 0 bridgehead atoms. The zero-order chi connectivity index (χ0) is 26.7. The molecular weight excluding hydrogens is 581 g/mol. The highest BCUT2D eigenvalue weighted by Crippen LogP contribution is 2.26. The van der Waals surface area contributed by atoms with Gasteiger partial charge in [-0.15, -0.1) is 0 Å². The van der Waals surface area contributed by atoms with Crippen molar-refractivity contribution in [1.82, 2.24) is 9.80 Å². The van der Waals surface area contributed by atoms with Gasteiger partial charge in [0.25, 0.3) is 0 Å². The third kappa shape index (κ3) is 30.3. The van der Waals surface area contributed by atoms with Crippen molar-refractivity contribution in [2.24, 2.45) is 0 Å². The molecule has 0 aromatic heterocycles. The maximum atomic E-state index is 5.07. The fourth-order valence-corrected chi connectivity index (χ4v) is 4.14. The molecule has 0 amide bonds. The zero-order valence-electron chi connectivity index (χ0n) is 22.4. The van der Waals surface area contributed by atoms with E-state index in [0.717, 1.165) is 8.64 Å². The molecule has 4 aromatic rings. The lowest BCUT2D eigenvalue weighted by Gasteiger charge is -2.15. The van der Waals surface area contributed by atoms with Gasteiger partial charge in [-0.25, -0.2) is 0 Å². The van der Waals surface area contributed by atoms with Gasteiger partial charge in [0.1, 0.15) is 8.64 Å². The van der Waals surface area contributed by atoms with Crippen molar-refractivity contribution in [3.8, 4) is 0 Å². The van der Waals surface area contributed by atoms with Gasteiger partial charge in [0, 0.05) is 28.2 Å². The van der Waals surface area contributed by atoms with Crippen LogP contribution in [0.5, 0.6) is 0 Å². The second kappa shape index (κ2) is 31.3. The van der Waals surface area contributed by atoms with Crippen LogP contribution in [0.1, 0.15) is 0 Å². The van der Waals surface area contributed by atoms with Gasteiger partial charge in [0.05, 0.1) is 0 Å². The molecule has 0 saturated heterocycles. The Labute approximate surface area is 263 Å². The monoisotopic (exact) mass is 620 g/mol. The van der Waals surface area contributed by atoms with Crippen molar-refractivity contribution in [2.45, 2.75) is 0 Å². The number of benzene rings is 4. The van der Waals surface area contributed by atoms with Gasteiger partial charge in [-0.3, -0.25) is 0 Å². The largest absolute Gasteiger partial charge is 0.363 e. The zero-order valence-corrected chi connectivity index (χ0v) is 27.6. The van der Waals surface area contributed by atoms with Crippen LogP contribution in [0.2, 0.25) is 0 Å². The smallest absolute Gasteiger partial charge is 0.146 e. The molecule has 0 spiro atoms. The highest BCUT2D eigenvalue weighted by molar-refractivity contribution is 8.89. The molecule has 0 aliphatic heterocycles. The van der Waals surface area contributed by atoms with Crippen molar-refractivity contribution < 1.29 is 0 Å². The third-order valence-electron chi connectivity index (χ3n) is 3.58. The van der Waals surface area contributed by atoms with Crippen LogP contribution in [0.15, 0.2) is 146 Å². The average molecular weight is 621 g/mol. The van der Waals surface area contributed by atoms with Gasteiger partial charge >= 0.3 is 0 Å². The number of hydrogen-bond donors (Lipinski definition) is 0. The molecule has 8 heteroatoms. The molecule has 0 aliphatic rings. The van der Waals surface area contributed by atoms with Crippen molar-refractivity contribution in [3.63, 3.8) is 0 Å². The summed E-state index contributed by atoms with van der Waals surface area (Å²) >= 11 is 10.1. The highest BCUT2D eigenvalue weighted by atomic mass is 33.1. The van der Waals surface area contributed by atoms with E-state index >= 15 is 0 Å². The maximum Gasteiger partial charge on any atom is 0.146 e. The molecule has 0 aliphatic carbocycles. The molecule has 0 fully saturated rings. The molecule has 0 unspecified atom stereocenters. The van der Waals surface area contributed by atoms with E-state index in [1.807, 2.05) is 184 Å². The summed E-state index contributed by atoms with van der Waals surface area (Å²) in [5, 5.41) is 0. The van der Waals surface area contributed by atoms with Crippen LogP contribution in [0.3, 0.4) is 0 Å². The molecular formula is C30H40N2S6. The van der Waals surface area contributed by atoms with Gasteiger partial charge in [-0.1, -0.05) is 170 Å². The molecule has 206 valence electrons. The van der Waals surface area contributed by atoms with Crippen LogP contribution >= 0.6 is 73.0 Å². The predicted octanol–water partition coefficient (Wildman–Crippen LogP) is 9.03. The van der Waals surface area contributed by atoms with E-state index < -0.39 is 0 Å². The van der Waals surface area contributed by atoms with Crippen LogP contribution in [-0.4, -0.2) is 46.6 Å². The molecule has 2 nitrogen and oxygen atoms in total. The molecule has 0 saturated carbocycles. The van der Waals surface area contributed by atoms with Crippen molar-refractivity contribution in [2.75, 3.05) is 28.2 Å². The maximum absolute atomic E-state index is 5.07. The molecule has 0 N–H and O–H groups in total. The van der Waals surface area contributed by atoms with Gasteiger partial charge in [-0.05, 0) is 21.6 Å². The van der Waals surface area contributed by atoms with Crippen molar-refractivity contribution in [3.05, 3.63) is 146 Å². The van der Waals surface area contributed by atoms with Crippen LogP contribution in [0.25, 0.3) is 0 Å². The van der Waals surface area contributed by atoms with Gasteiger partial charge in [0.2, 0.25) is 0 Å². The molecule has 0 atom stereocenters. The predicted molar refractivity (Wildman–Crippen MR) is 194 cm³/mol. The summed E-state index contributed by atoms with van der Waals surface area (Å²) in [6.07, 6.45) is 0. The standard InChI is InChI=1S/C6H12N2S4.4C6H6.2H2S/c1-7(2)5(9)11-12-6(10)8(3)4;4*1-2-4-6-5-3-1;;/h1-4H3;4*1-6H;2*1H2. The normalized spacial score (nSPS) is 8.00. The summed E-state index contributed by atoms with van der Waals surface area (Å²) in [5.41, 5.74) is 0. The molecule has 4 aromatic carbocycles. The van der Waals surface area contributed by atoms with Gasteiger partial charge in [0.15, 0.2) is 0 Å². The lowest BCUT2D eigenvalue weighted by atomic mass is 10.4. The Hall–Kier alpha value is -1.94. The minimum Gasteiger partial charge on any atom is -0.363 e. The summed E-state index contributed by atoms with van der Waals surface area (Å²) in [6.45, 7) is 0. The number of nitrogens with zero attached hydrogens (tertiary/aromatic N) is 2. The van der Waals surface area contributed by atoms with E-state index in [1.165, 1.54) is 21.6 Å². The van der Waals surface area contributed by atoms with Gasteiger partial charge in [-0.2, -0.15) is 27.0 Å². The van der Waals surface area contributed by atoms with Gasteiger partial charge < -0.3 is 9.80 Å². The van der Waals surface area contributed by atoms with E-state index in [-0.39, 0.29) is 27.0 Å². The van der Waals surface area contributed by atoms with E-state index in [0.29, 0.717) is 0 Å². The number of hydrogen-bond acceptors (Lipinski definition) is 4. The summed E-state index contributed by atoms with van der Waals surface area (Å²) in [6, 6.07) is 48.0. The fraction of sp³-hybridized carbons (Fsp3) is 0.133. The third-order valence-corrected chi connectivity index (χ3v) is 7.74. The topological polar surface area (TPSA) is 6.48 Å². The summed E-state index contributed by atoms with van der Waals surface area (Å²) < 4.78 is 1.67. The second-order valence-corrected chi connectivity index (χ2v) is 10.5. The van der Waals surface area contributed by atoms with E-state index in [4.69, 9.17) is 24.4 Å². The Balaban J connectivity index is -0.000000411. The Morgan fingerprint density at radius 1 is 0.342 bits per heavy atom. The van der Waals surface area contributed by atoms with Crippen LogP contribution < -0.4 is 0 Å². The molecule has 4 rings (SSSR count). The minimum absolute atomic E-state index is 0. The first-order valence-electron chi connectivity index (χ1n) is 11.2. The van der Waals surface area contributed by atoms with Crippen LogP contribution in [0.4, 0.5) is 0 Å². The SMILES string of the molecule is CN(C)C(=S)SSC(=S)N(C)C.S.S.c1ccccc1.c1ccccc1.c1ccccc1.c1ccccc1. The quantitative estimate of drug-likeness (QED) is 0.142. The summed E-state index contributed by atoms with van der Waals surface area (Å²) in [7, 11) is 10.7. The van der Waals surface area contributed by atoms with E-state index in [1.54, 1.807) is 0 Å². The lowest BCUT2D eigenvalue weighted by molar-refractivity contribution is 0.647. The highest BCUT2D eigenvalue weighted by Gasteiger charge is 2.04. The average Bonchev–Trinajstić information content (AvgIpc) is 2.96.